The summed E-state index contributed by atoms with van der Waals surface area (Å²) in [6.07, 6.45) is 5.82. The van der Waals surface area contributed by atoms with Crippen LogP contribution < -0.4 is 10.1 Å². The number of ether oxygens (including phenoxy) is 1. The van der Waals surface area contributed by atoms with Crippen LogP contribution in [0.25, 0.3) is 0 Å². The van der Waals surface area contributed by atoms with Crippen LogP contribution >= 0.6 is 0 Å². The molecule has 0 saturated heterocycles. The van der Waals surface area contributed by atoms with Gasteiger partial charge in [0.15, 0.2) is 0 Å². The van der Waals surface area contributed by atoms with Crippen LogP contribution in [0, 0.1) is 0 Å². The molecule has 1 heterocycles. The largest absolute Gasteiger partial charge is 0.493 e. The smallest absolute Gasteiger partial charge is 0.119 e. The molecule has 1 N–H and O–H groups in total. The maximum Gasteiger partial charge on any atom is 0.119 e. The van der Waals surface area contributed by atoms with E-state index in [-0.39, 0.29) is 0 Å². The van der Waals surface area contributed by atoms with Gasteiger partial charge in [-0.15, -0.1) is 0 Å². The lowest BCUT2D eigenvalue weighted by Crippen LogP contribution is -2.23. The van der Waals surface area contributed by atoms with Gasteiger partial charge in [0.2, 0.25) is 0 Å². The van der Waals surface area contributed by atoms with Gasteiger partial charge in [0.25, 0.3) is 0 Å². The van der Waals surface area contributed by atoms with Crippen molar-refractivity contribution in [2.24, 2.45) is 7.05 Å². The Bertz CT molecular complexity index is 519. The highest BCUT2D eigenvalue weighted by molar-refractivity contribution is 5.27. The van der Waals surface area contributed by atoms with Gasteiger partial charge < -0.3 is 10.1 Å². The number of benzene rings is 1. The van der Waals surface area contributed by atoms with E-state index in [0.717, 1.165) is 18.6 Å². The highest BCUT2D eigenvalue weighted by Crippen LogP contribution is 2.14. The Balaban J connectivity index is 1.78. The van der Waals surface area contributed by atoms with E-state index in [2.05, 4.69) is 29.5 Å². The predicted molar refractivity (Wildman–Crippen MR) is 81.1 cm³/mol. The molecule has 0 spiro atoms. The van der Waals surface area contributed by atoms with Crippen molar-refractivity contribution < 1.29 is 4.74 Å². The minimum atomic E-state index is 0.493. The minimum Gasteiger partial charge on any atom is -0.493 e. The van der Waals surface area contributed by atoms with E-state index < -0.39 is 0 Å². The Morgan fingerprint density at radius 3 is 2.60 bits per heavy atom. The first-order valence-electron chi connectivity index (χ1n) is 7.04. The van der Waals surface area contributed by atoms with Crippen molar-refractivity contribution in [1.29, 1.82) is 0 Å². The summed E-state index contributed by atoms with van der Waals surface area (Å²) in [4.78, 5) is 0. The van der Waals surface area contributed by atoms with Crippen molar-refractivity contribution in [1.82, 2.24) is 15.1 Å². The van der Waals surface area contributed by atoms with Crippen LogP contribution in [0.1, 0.15) is 18.1 Å². The highest BCUT2D eigenvalue weighted by Gasteiger charge is 2.02. The maximum atomic E-state index is 5.75. The normalized spacial score (nSPS) is 12.3. The van der Waals surface area contributed by atoms with Gasteiger partial charge in [0.05, 0.1) is 12.8 Å². The fraction of sp³-hybridized carbons (Fsp3) is 0.438. The number of hydrogen-bond acceptors (Lipinski definition) is 3. The number of nitrogens with one attached hydrogen (secondary N) is 1. The molecule has 4 nitrogen and oxygen atoms in total. The molecule has 0 aliphatic heterocycles. The van der Waals surface area contributed by atoms with Crippen LogP contribution in [0.5, 0.6) is 5.75 Å². The molecule has 0 bridgehead atoms. The molecule has 0 fully saturated rings. The Morgan fingerprint density at radius 1 is 1.25 bits per heavy atom. The summed E-state index contributed by atoms with van der Waals surface area (Å²) >= 11 is 0. The lowest BCUT2D eigenvalue weighted by Gasteiger charge is -2.11. The number of aromatic nitrogens is 2. The minimum absolute atomic E-state index is 0.493. The molecule has 108 valence electrons. The molecular formula is C16H23N3O. The average Bonchev–Trinajstić information content (AvgIpc) is 2.86. The Hall–Kier alpha value is -1.81. The second-order valence-corrected chi connectivity index (χ2v) is 5.16. The lowest BCUT2D eigenvalue weighted by molar-refractivity contribution is 0.322. The van der Waals surface area contributed by atoms with E-state index in [1.54, 1.807) is 0 Å². The fourth-order valence-corrected chi connectivity index (χ4v) is 2.07. The molecule has 0 saturated carbocycles. The van der Waals surface area contributed by atoms with Crippen LogP contribution in [0.4, 0.5) is 0 Å². The first kappa shape index (κ1) is 14.6. The molecule has 0 amide bonds. The van der Waals surface area contributed by atoms with E-state index in [1.807, 2.05) is 43.3 Å². The molecule has 1 aromatic heterocycles. The molecule has 0 aliphatic carbocycles. The van der Waals surface area contributed by atoms with Gasteiger partial charge in [0.1, 0.15) is 5.75 Å². The summed E-state index contributed by atoms with van der Waals surface area (Å²) in [5.41, 5.74) is 2.53. The third-order valence-corrected chi connectivity index (χ3v) is 3.38. The zero-order chi connectivity index (χ0) is 14.4. The molecule has 1 aromatic carbocycles. The number of hydrogen-bond donors (Lipinski definition) is 1. The van der Waals surface area contributed by atoms with Gasteiger partial charge >= 0.3 is 0 Å². The van der Waals surface area contributed by atoms with Gasteiger partial charge in [0, 0.05) is 25.7 Å². The zero-order valence-electron chi connectivity index (χ0n) is 12.5. The first-order valence-corrected chi connectivity index (χ1v) is 7.04. The van der Waals surface area contributed by atoms with Crippen LogP contribution in [0.15, 0.2) is 36.7 Å². The summed E-state index contributed by atoms with van der Waals surface area (Å²) in [6.45, 7) is 2.86. The summed E-state index contributed by atoms with van der Waals surface area (Å²) in [5, 5.41) is 7.39. The molecule has 20 heavy (non-hydrogen) atoms. The third kappa shape index (κ3) is 4.38. The van der Waals surface area contributed by atoms with Crippen LogP contribution in [-0.2, 0) is 19.9 Å². The number of likely N-dealkylation sites (N-methyl/N-ethyl adjacent to an activating group) is 1. The third-order valence-electron chi connectivity index (χ3n) is 3.38. The van der Waals surface area contributed by atoms with E-state index in [9.17, 15) is 0 Å². The second-order valence-electron chi connectivity index (χ2n) is 5.16. The zero-order valence-corrected chi connectivity index (χ0v) is 12.5. The first-order chi connectivity index (χ1) is 9.67. The number of rotatable bonds is 7. The van der Waals surface area contributed by atoms with Gasteiger partial charge in [-0.05, 0) is 43.7 Å². The predicted octanol–water partition coefficient (Wildman–Crippen LogP) is 2.19. The van der Waals surface area contributed by atoms with Gasteiger partial charge in [-0.2, -0.15) is 5.10 Å². The second kappa shape index (κ2) is 7.10. The molecule has 1 atom stereocenters. The quantitative estimate of drug-likeness (QED) is 0.840. The molecule has 2 rings (SSSR count). The summed E-state index contributed by atoms with van der Waals surface area (Å²) < 4.78 is 7.57. The molecular weight excluding hydrogens is 250 g/mol. The number of nitrogens with zero attached hydrogens (tertiary/aromatic N) is 2. The summed E-state index contributed by atoms with van der Waals surface area (Å²) in [6, 6.07) is 8.84. The molecule has 0 aliphatic rings. The van der Waals surface area contributed by atoms with Gasteiger partial charge in [-0.3, -0.25) is 4.68 Å². The van der Waals surface area contributed by atoms with E-state index >= 15 is 0 Å². The van der Waals surface area contributed by atoms with Crippen molar-refractivity contribution >= 4 is 0 Å². The summed E-state index contributed by atoms with van der Waals surface area (Å²) in [7, 11) is 3.91. The topological polar surface area (TPSA) is 39.1 Å². The van der Waals surface area contributed by atoms with Crippen molar-refractivity contribution in [3.63, 3.8) is 0 Å². The van der Waals surface area contributed by atoms with Crippen LogP contribution in [-0.4, -0.2) is 29.5 Å². The van der Waals surface area contributed by atoms with E-state index in [1.165, 1.54) is 11.1 Å². The van der Waals surface area contributed by atoms with Crippen molar-refractivity contribution in [2.45, 2.75) is 25.8 Å². The Labute approximate surface area is 120 Å². The van der Waals surface area contributed by atoms with Crippen molar-refractivity contribution in [3.8, 4) is 5.75 Å². The molecule has 4 heteroatoms. The monoisotopic (exact) mass is 273 g/mol. The molecule has 2 aromatic rings. The summed E-state index contributed by atoms with van der Waals surface area (Å²) in [5.74, 6) is 0.926. The highest BCUT2D eigenvalue weighted by atomic mass is 16.5. The van der Waals surface area contributed by atoms with Crippen LogP contribution in [0.3, 0.4) is 0 Å². The maximum absolute atomic E-state index is 5.75. The SMILES string of the molecule is CNC(C)Cc1ccc(OCCc2cnn(C)c2)cc1. The van der Waals surface area contributed by atoms with Crippen molar-refractivity contribution in [2.75, 3.05) is 13.7 Å². The van der Waals surface area contributed by atoms with Crippen molar-refractivity contribution in [3.05, 3.63) is 47.8 Å². The Kier molecular flexibility index (Phi) is 5.18. The van der Waals surface area contributed by atoms with E-state index in [4.69, 9.17) is 4.74 Å². The molecule has 1 unspecified atom stereocenters. The van der Waals surface area contributed by atoms with Crippen LogP contribution in [0.2, 0.25) is 0 Å². The fourth-order valence-electron chi connectivity index (χ4n) is 2.07. The molecule has 0 radical (unpaired) electrons. The van der Waals surface area contributed by atoms with Gasteiger partial charge in [-0.1, -0.05) is 12.1 Å². The average molecular weight is 273 g/mol. The number of aryl methyl sites for hydroxylation is 1. The van der Waals surface area contributed by atoms with E-state index in [0.29, 0.717) is 12.6 Å². The standard InChI is InChI=1S/C16H23N3O/c1-13(17-2)10-14-4-6-16(7-5-14)20-9-8-15-11-18-19(3)12-15/h4-7,11-13,17H,8-10H2,1-3H3. The van der Waals surface area contributed by atoms with Gasteiger partial charge in [-0.25, -0.2) is 0 Å². The lowest BCUT2D eigenvalue weighted by atomic mass is 10.1. The Morgan fingerprint density at radius 2 is 2.00 bits per heavy atom.